The van der Waals surface area contributed by atoms with E-state index >= 15 is 0 Å². The Labute approximate surface area is 165 Å². The van der Waals surface area contributed by atoms with Gasteiger partial charge in [-0.3, -0.25) is 9.69 Å². The molecule has 1 aliphatic rings. The van der Waals surface area contributed by atoms with Gasteiger partial charge in [-0.15, -0.1) is 0 Å². The van der Waals surface area contributed by atoms with Gasteiger partial charge in [0.25, 0.3) is 0 Å². The number of hydrogen-bond acceptors (Lipinski definition) is 4. The second-order valence-electron chi connectivity index (χ2n) is 6.74. The lowest BCUT2D eigenvalue weighted by atomic mass is 10.0. The molecule has 1 heterocycles. The maximum absolute atomic E-state index is 12.6. The number of hydrogen-bond donors (Lipinski definition) is 1. The van der Waals surface area contributed by atoms with Crippen molar-refractivity contribution in [3.8, 4) is 11.5 Å². The molecule has 0 unspecified atom stereocenters. The molecule has 0 aromatic heterocycles. The number of ether oxygens (including phenoxy) is 2. The van der Waals surface area contributed by atoms with Crippen LogP contribution in [0.1, 0.15) is 30.0 Å². The minimum Gasteiger partial charge on any atom is -0.497 e. The van der Waals surface area contributed by atoms with Gasteiger partial charge in [-0.25, -0.2) is 0 Å². The third-order valence-electron chi connectivity index (χ3n) is 4.97. The Kier molecular flexibility index (Phi) is 6.24. The highest BCUT2D eigenvalue weighted by Crippen LogP contribution is 2.38. The molecule has 27 heavy (non-hydrogen) atoms. The first kappa shape index (κ1) is 19.5. The van der Waals surface area contributed by atoms with Crippen LogP contribution in [0.25, 0.3) is 0 Å². The summed E-state index contributed by atoms with van der Waals surface area (Å²) in [5.74, 6) is 1.52. The molecule has 1 N–H and O–H groups in total. The standard InChI is InChI=1S/C21H25ClN2O3/c1-14-11-15(22)6-9-18(14)23-21(25)13-24-10-4-5-19(24)17-8-7-16(26-2)12-20(17)27-3/h6-9,11-12,19H,4-5,10,13H2,1-3H3,(H,23,25)/t19-/m1/s1. The van der Waals surface area contributed by atoms with E-state index in [-0.39, 0.29) is 11.9 Å². The zero-order valence-corrected chi connectivity index (χ0v) is 16.7. The number of halogens is 1. The highest BCUT2D eigenvalue weighted by Gasteiger charge is 2.30. The van der Waals surface area contributed by atoms with Crippen molar-refractivity contribution in [2.24, 2.45) is 0 Å². The molecule has 1 aliphatic heterocycles. The largest absolute Gasteiger partial charge is 0.497 e. The Hall–Kier alpha value is -2.24. The van der Waals surface area contributed by atoms with Crippen molar-refractivity contribution >= 4 is 23.2 Å². The number of carbonyl (C=O) groups excluding carboxylic acids is 1. The van der Waals surface area contributed by atoms with E-state index in [0.717, 1.165) is 47.7 Å². The van der Waals surface area contributed by atoms with Crippen LogP contribution in [0.3, 0.4) is 0 Å². The fourth-order valence-corrected chi connectivity index (χ4v) is 3.83. The molecule has 6 heteroatoms. The van der Waals surface area contributed by atoms with Crippen LogP contribution in [0.5, 0.6) is 11.5 Å². The molecular weight excluding hydrogens is 364 g/mol. The minimum atomic E-state index is -0.0280. The van der Waals surface area contributed by atoms with Gasteiger partial charge in [-0.1, -0.05) is 17.7 Å². The molecule has 1 atom stereocenters. The Morgan fingerprint density at radius 1 is 1.22 bits per heavy atom. The summed E-state index contributed by atoms with van der Waals surface area (Å²) in [4.78, 5) is 14.8. The van der Waals surface area contributed by atoms with Gasteiger partial charge in [-0.2, -0.15) is 0 Å². The number of benzene rings is 2. The molecule has 144 valence electrons. The van der Waals surface area contributed by atoms with E-state index in [9.17, 15) is 4.79 Å². The Morgan fingerprint density at radius 2 is 2.04 bits per heavy atom. The van der Waals surface area contributed by atoms with Crippen molar-refractivity contribution in [2.75, 3.05) is 32.6 Å². The number of aryl methyl sites for hydroxylation is 1. The predicted octanol–water partition coefficient (Wildman–Crippen LogP) is 4.44. The van der Waals surface area contributed by atoms with Crippen molar-refractivity contribution in [2.45, 2.75) is 25.8 Å². The van der Waals surface area contributed by atoms with Gasteiger partial charge in [0.1, 0.15) is 11.5 Å². The summed E-state index contributed by atoms with van der Waals surface area (Å²) >= 11 is 5.99. The summed E-state index contributed by atoms with van der Waals surface area (Å²) in [6.45, 7) is 3.15. The average molecular weight is 389 g/mol. The van der Waals surface area contributed by atoms with E-state index < -0.39 is 0 Å². The maximum Gasteiger partial charge on any atom is 0.238 e. The summed E-state index contributed by atoms with van der Waals surface area (Å²) in [6.07, 6.45) is 2.04. The SMILES string of the molecule is COc1ccc([C@H]2CCCN2CC(=O)Nc2ccc(Cl)cc2C)c(OC)c1. The van der Waals surface area contributed by atoms with Crippen molar-refractivity contribution < 1.29 is 14.3 Å². The van der Waals surface area contributed by atoms with Crippen LogP contribution < -0.4 is 14.8 Å². The van der Waals surface area contributed by atoms with E-state index in [2.05, 4.69) is 10.2 Å². The number of methoxy groups -OCH3 is 2. The van der Waals surface area contributed by atoms with Crippen LogP contribution in [0.2, 0.25) is 5.02 Å². The molecule has 0 bridgehead atoms. The second-order valence-corrected chi connectivity index (χ2v) is 7.18. The highest BCUT2D eigenvalue weighted by atomic mass is 35.5. The topological polar surface area (TPSA) is 50.8 Å². The summed E-state index contributed by atoms with van der Waals surface area (Å²) in [5, 5.41) is 3.66. The molecule has 2 aromatic carbocycles. The van der Waals surface area contributed by atoms with E-state index in [4.69, 9.17) is 21.1 Å². The van der Waals surface area contributed by atoms with E-state index in [1.165, 1.54) is 0 Å². The zero-order valence-electron chi connectivity index (χ0n) is 15.9. The van der Waals surface area contributed by atoms with Crippen LogP contribution in [0, 0.1) is 6.92 Å². The van der Waals surface area contributed by atoms with Crippen molar-refractivity contribution in [3.63, 3.8) is 0 Å². The van der Waals surface area contributed by atoms with Gasteiger partial charge in [0.15, 0.2) is 0 Å². The maximum atomic E-state index is 12.6. The Morgan fingerprint density at radius 3 is 2.74 bits per heavy atom. The quantitative estimate of drug-likeness (QED) is 0.794. The van der Waals surface area contributed by atoms with Crippen molar-refractivity contribution in [1.29, 1.82) is 0 Å². The number of nitrogens with one attached hydrogen (secondary N) is 1. The molecule has 1 fully saturated rings. The highest BCUT2D eigenvalue weighted by molar-refractivity contribution is 6.30. The number of carbonyl (C=O) groups is 1. The third-order valence-corrected chi connectivity index (χ3v) is 5.21. The van der Waals surface area contributed by atoms with Gasteiger partial charge < -0.3 is 14.8 Å². The summed E-state index contributed by atoms with van der Waals surface area (Å²) in [5.41, 5.74) is 2.83. The molecular formula is C21H25ClN2O3. The molecule has 5 nitrogen and oxygen atoms in total. The Balaban J connectivity index is 1.72. The first-order valence-electron chi connectivity index (χ1n) is 9.04. The first-order chi connectivity index (χ1) is 13.0. The minimum absolute atomic E-state index is 0.0280. The summed E-state index contributed by atoms with van der Waals surface area (Å²) in [7, 11) is 3.30. The molecule has 0 radical (unpaired) electrons. The smallest absolute Gasteiger partial charge is 0.238 e. The van der Waals surface area contributed by atoms with Crippen LogP contribution in [-0.4, -0.2) is 38.1 Å². The van der Waals surface area contributed by atoms with Gasteiger partial charge in [0.05, 0.1) is 20.8 Å². The Bertz CT molecular complexity index is 825. The monoisotopic (exact) mass is 388 g/mol. The van der Waals surface area contributed by atoms with E-state index in [1.54, 1.807) is 20.3 Å². The van der Waals surface area contributed by atoms with Crippen LogP contribution >= 0.6 is 11.6 Å². The number of anilines is 1. The van der Waals surface area contributed by atoms with Gasteiger partial charge in [-0.05, 0) is 56.1 Å². The van der Waals surface area contributed by atoms with Gasteiger partial charge >= 0.3 is 0 Å². The van der Waals surface area contributed by atoms with Crippen molar-refractivity contribution in [3.05, 3.63) is 52.5 Å². The van der Waals surface area contributed by atoms with Crippen LogP contribution in [0.15, 0.2) is 36.4 Å². The molecule has 1 amide bonds. The number of nitrogens with zero attached hydrogens (tertiary/aromatic N) is 1. The lowest BCUT2D eigenvalue weighted by Gasteiger charge is -2.26. The number of amides is 1. The molecule has 1 saturated heterocycles. The van der Waals surface area contributed by atoms with Gasteiger partial charge in [0.2, 0.25) is 5.91 Å². The normalized spacial score (nSPS) is 17.0. The molecule has 0 spiro atoms. The molecule has 0 saturated carbocycles. The molecule has 0 aliphatic carbocycles. The fourth-order valence-electron chi connectivity index (χ4n) is 3.60. The molecule has 3 rings (SSSR count). The summed E-state index contributed by atoms with van der Waals surface area (Å²) in [6, 6.07) is 11.5. The van der Waals surface area contributed by atoms with Crippen LogP contribution in [-0.2, 0) is 4.79 Å². The lowest BCUT2D eigenvalue weighted by molar-refractivity contribution is -0.117. The second kappa shape index (κ2) is 8.63. The molecule has 2 aromatic rings. The van der Waals surface area contributed by atoms with E-state index in [0.29, 0.717) is 11.6 Å². The number of likely N-dealkylation sites (tertiary alicyclic amines) is 1. The third kappa shape index (κ3) is 4.54. The zero-order chi connectivity index (χ0) is 19.4. The van der Waals surface area contributed by atoms with Crippen molar-refractivity contribution in [1.82, 2.24) is 4.90 Å². The average Bonchev–Trinajstić information content (AvgIpc) is 3.11. The number of rotatable bonds is 6. The predicted molar refractivity (Wildman–Crippen MR) is 108 cm³/mol. The first-order valence-corrected chi connectivity index (χ1v) is 9.41. The van der Waals surface area contributed by atoms with E-state index in [1.807, 2.05) is 37.3 Å². The lowest BCUT2D eigenvalue weighted by Crippen LogP contribution is -2.33. The van der Waals surface area contributed by atoms with Gasteiger partial charge in [0, 0.05) is 28.4 Å². The fraction of sp³-hybridized carbons (Fsp3) is 0.381. The summed E-state index contributed by atoms with van der Waals surface area (Å²) < 4.78 is 10.8. The van der Waals surface area contributed by atoms with Crippen LogP contribution in [0.4, 0.5) is 5.69 Å².